The first-order valence-electron chi connectivity index (χ1n) is 7.14. The van der Waals surface area contributed by atoms with Gasteiger partial charge in [0.2, 0.25) is 5.91 Å². The topological polar surface area (TPSA) is 74.3 Å². The molecule has 0 bridgehead atoms. The van der Waals surface area contributed by atoms with Crippen LogP contribution < -0.4 is 15.5 Å². The number of carbonyl (C=O) groups excluding carboxylic acids is 2. The van der Waals surface area contributed by atoms with Crippen LogP contribution in [0.25, 0.3) is 0 Å². The molecule has 0 saturated carbocycles. The van der Waals surface area contributed by atoms with Gasteiger partial charge in [-0.3, -0.25) is 14.9 Å². The van der Waals surface area contributed by atoms with Crippen molar-refractivity contribution in [3.8, 4) is 0 Å². The molecule has 1 fully saturated rings. The summed E-state index contributed by atoms with van der Waals surface area (Å²) in [7, 11) is 0. The van der Waals surface area contributed by atoms with Crippen LogP contribution >= 0.6 is 0 Å². The molecule has 2 N–H and O–H groups in total. The lowest BCUT2D eigenvalue weighted by Crippen LogP contribution is -2.64. The zero-order valence-corrected chi connectivity index (χ0v) is 13.0. The molecule has 1 aromatic rings. The maximum atomic E-state index is 12.0. The van der Waals surface area contributed by atoms with E-state index in [4.69, 9.17) is 0 Å². The number of pyridine rings is 1. The van der Waals surface area contributed by atoms with E-state index in [2.05, 4.69) is 22.5 Å². The van der Waals surface area contributed by atoms with Gasteiger partial charge < -0.3 is 10.2 Å². The Morgan fingerprint density at radius 2 is 2.14 bits per heavy atom. The molecule has 0 atom stereocenters. The lowest BCUT2D eigenvalue weighted by Gasteiger charge is -2.41. The Morgan fingerprint density at radius 1 is 1.43 bits per heavy atom. The molecule has 0 radical (unpaired) electrons. The second-order valence-corrected chi connectivity index (χ2v) is 5.79. The summed E-state index contributed by atoms with van der Waals surface area (Å²) in [6.07, 6.45) is 1.79. The van der Waals surface area contributed by atoms with Gasteiger partial charge in [-0.25, -0.2) is 4.98 Å². The van der Waals surface area contributed by atoms with Crippen LogP contribution in [0.4, 0.5) is 5.82 Å². The van der Waals surface area contributed by atoms with Crippen LogP contribution in [0.1, 0.15) is 31.9 Å². The number of hydrogen-bond donors (Lipinski definition) is 2. The van der Waals surface area contributed by atoms with Gasteiger partial charge in [0.05, 0.1) is 6.54 Å². The summed E-state index contributed by atoms with van der Waals surface area (Å²) in [5.41, 5.74) is 1.25. The summed E-state index contributed by atoms with van der Waals surface area (Å²) in [5, 5.41) is 5.62. The summed E-state index contributed by atoms with van der Waals surface area (Å²) in [6.45, 7) is 9.38. The molecule has 6 heteroatoms. The van der Waals surface area contributed by atoms with Crippen molar-refractivity contribution in [3.05, 3.63) is 23.4 Å². The molecule has 2 amide bonds. The van der Waals surface area contributed by atoms with E-state index in [0.29, 0.717) is 5.82 Å². The fourth-order valence-electron chi connectivity index (χ4n) is 2.40. The van der Waals surface area contributed by atoms with E-state index in [1.165, 1.54) is 0 Å². The molecule has 114 valence electrons. The molecular weight excluding hydrogens is 268 g/mol. The summed E-state index contributed by atoms with van der Waals surface area (Å²) < 4.78 is 0. The number of hydrogen-bond acceptors (Lipinski definition) is 5. The third-order valence-electron chi connectivity index (χ3n) is 3.73. The molecule has 0 spiro atoms. The molecule has 1 aliphatic heterocycles. The quantitative estimate of drug-likeness (QED) is 0.800. The molecule has 21 heavy (non-hydrogen) atoms. The van der Waals surface area contributed by atoms with Gasteiger partial charge in [0.1, 0.15) is 11.4 Å². The highest BCUT2D eigenvalue weighted by Crippen LogP contribution is 2.27. The minimum atomic E-state index is -0.797. The molecule has 0 unspecified atom stereocenters. The monoisotopic (exact) mass is 290 g/mol. The normalized spacial score (nSPS) is 17.8. The number of aromatic nitrogens is 1. The largest absolute Gasteiger partial charge is 0.333 e. The van der Waals surface area contributed by atoms with Crippen LogP contribution in [0.5, 0.6) is 0 Å². The van der Waals surface area contributed by atoms with E-state index in [1.54, 1.807) is 24.9 Å². The van der Waals surface area contributed by atoms with Crippen LogP contribution in [0, 0.1) is 6.92 Å². The zero-order valence-electron chi connectivity index (χ0n) is 13.0. The van der Waals surface area contributed by atoms with Gasteiger partial charge in [-0.2, -0.15) is 0 Å². The van der Waals surface area contributed by atoms with Gasteiger partial charge in [0, 0.05) is 12.7 Å². The predicted octanol–water partition coefficient (Wildman–Crippen LogP) is 0.741. The zero-order chi connectivity index (χ0) is 15.6. The molecule has 1 saturated heterocycles. The van der Waals surface area contributed by atoms with Crippen molar-refractivity contribution in [3.63, 3.8) is 0 Å². The van der Waals surface area contributed by atoms with E-state index in [1.807, 2.05) is 13.0 Å². The van der Waals surface area contributed by atoms with Gasteiger partial charge in [-0.1, -0.05) is 6.92 Å². The third kappa shape index (κ3) is 3.05. The molecular formula is C15H22N4O2. The first-order valence-corrected chi connectivity index (χ1v) is 7.14. The van der Waals surface area contributed by atoms with E-state index >= 15 is 0 Å². The standard InChI is InChI=1S/C15H22N4O2/c1-5-16-7-11-6-10(2)13(17-8-11)19-9-12(20)18-14(21)15(19,3)4/h6,8,16H,5,7,9H2,1-4H3,(H,18,20,21). The number of nitrogens with zero attached hydrogens (tertiary/aromatic N) is 2. The maximum Gasteiger partial charge on any atom is 0.251 e. The minimum absolute atomic E-state index is 0.138. The highest BCUT2D eigenvalue weighted by molar-refractivity contribution is 6.06. The van der Waals surface area contributed by atoms with E-state index in [9.17, 15) is 9.59 Å². The first kappa shape index (κ1) is 15.4. The number of piperazine rings is 1. The Morgan fingerprint density at radius 3 is 2.76 bits per heavy atom. The van der Waals surface area contributed by atoms with Gasteiger partial charge in [-0.05, 0) is 44.5 Å². The molecule has 6 nitrogen and oxygen atoms in total. The lowest BCUT2D eigenvalue weighted by molar-refractivity contribution is -0.135. The minimum Gasteiger partial charge on any atom is -0.333 e. The van der Waals surface area contributed by atoms with Crippen molar-refractivity contribution in [1.29, 1.82) is 0 Å². The summed E-state index contributed by atoms with van der Waals surface area (Å²) in [4.78, 5) is 29.9. The Bertz CT molecular complexity index is 569. The van der Waals surface area contributed by atoms with E-state index in [-0.39, 0.29) is 18.4 Å². The summed E-state index contributed by atoms with van der Waals surface area (Å²) >= 11 is 0. The van der Waals surface area contributed by atoms with Crippen molar-refractivity contribution in [2.75, 3.05) is 18.0 Å². The average molecular weight is 290 g/mol. The van der Waals surface area contributed by atoms with Crippen molar-refractivity contribution >= 4 is 17.6 Å². The maximum absolute atomic E-state index is 12.0. The van der Waals surface area contributed by atoms with E-state index in [0.717, 1.165) is 24.2 Å². The second kappa shape index (κ2) is 5.81. The fourth-order valence-corrected chi connectivity index (χ4v) is 2.40. The van der Waals surface area contributed by atoms with Crippen LogP contribution in [-0.4, -0.2) is 35.4 Å². The number of carbonyl (C=O) groups is 2. The molecule has 0 aliphatic carbocycles. The highest BCUT2D eigenvalue weighted by atomic mass is 16.2. The lowest BCUT2D eigenvalue weighted by atomic mass is 9.98. The first-order chi connectivity index (χ1) is 9.86. The Kier molecular flexibility index (Phi) is 4.27. The Hall–Kier alpha value is -1.95. The fraction of sp³-hybridized carbons (Fsp3) is 0.533. The Balaban J connectivity index is 2.31. The molecule has 1 aliphatic rings. The van der Waals surface area contributed by atoms with Crippen molar-refractivity contribution in [1.82, 2.24) is 15.6 Å². The van der Waals surface area contributed by atoms with Crippen LogP contribution in [0.3, 0.4) is 0 Å². The number of nitrogens with one attached hydrogen (secondary N) is 2. The SMILES string of the molecule is CCNCc1cnc(N2CC(=O)NC(=O)C2(C)C)c(C)c1. The van der Waals surface area contributed by atoms with Crippen LogP contribution in [0.2, 0.25) is 0 Å². The van der Waals surface area contributed by atoms with Crippen molar-refractivity contribution < 1.29 is 9.59 Å². The number of aryl methyl sites for hydroxylation is 1. The second-order valence-electron chi connectivity index (χ2n) is 5.79. The van der Waals surface area contributed by atoms with Crippen LogP contribution in [0.15, 0.2) is 12.3 Å². The van der Waals surface area contributed by atoms with Crippen molar-refractivity contribution in [2.45, 2.75) is 39.8 Å². The number of amides is 2. The predicted molar refractivity (Wildman–Crippen MR) is 80.9 cm³/mol. The highest BCUT2D eigenvalue weighted by Gasteiger charge is 2.42. The molecule has 1 aromatic heterocycles. The van der Waals surface area contributed by atoms with Crippen molar-refractivity contribution in [2.24, 2.45) is 0 Å². The van der Waals surface area contributed by atoms with Gasteiger partial charge in [0.15, 0.2) is 0 Å². The van der Waals surface area contributed by atoms with E-state index < -0.39 is 5.54 Å². The molecule has 2 heterocycles. The summed E-state index contributed by atoms with van der Waals surface area (Å²) in [6, 6.07) is 2.04. The molecule has 0 aromatic carbocycles. The third-order valence-corrected chi connectivity index (χ3v) is 3.73. The number of anilines is 1. The number of imide groups is 1. The van der Waals surface area contributed by atoms with Gasteiger partial charge in [-0.15, -0.1) is 0 Å². The summed E-state index contributed by atoms with van der Waals surface area (Å²) in [5.74, 6) is 0.0948. The smallest absolute Gasteiger partial charge is 0.251 e. The Labute approximate surface area is 124 Å². The van der Waals surface area contributed by atoms with Crippen LogP contribution in [-0.2, 0) is 16.1 Å². The number of rotatable bonds is 4. The van der Waals surface area contributed by atoms with Gasteiger partial charge >= 0.3 is 0 Å². The molecule has 2 rings (SSSR count). The average Bonchev–Trinajstić information content (AvgIpc) is 2.41. The van der Waals surface area contributed by atoms with Gasteiger partial charge in [0.25, 0.3) is 5.91 Å².